The van der Waals surface area contributed by atoms with Crippen LogP contribution in [0.5, 0.6) is 23.0 Å². The molecule has 1 aromatic heterocycles. The third-order valence-electron chi connectivity index (χ3n) is 7.04. The van der Waals surface area contributed by atoms with Gasteiger partial charge in [0.25, 0.3) is 11.7 Å². The number of H-pyrrole nitrogens is 1. The lowest BCUT2D eigenvalue weighted by Gasteiger charge is -2.14. The molecule has 0 spiro atoms. The number of carbonyl (C=O) groups is 3. The molecule has 0 saturated heterocycles. The van der Waals surface area contributed by atoms with Crippen molar-refractivity contribution in [2.24, 2.45) is 0 Å². The molecule has 0 bridgehead atoms. The summed E-state index contributed by atoms with van der Waals surface area (Å²) in [4.78, 5) is 42.2. The molecule has 10 heteroatoms. The minimum atomic E-state index is -1.24. The van der Waals surface area contributed by atoms with E-state index in [9.17, 15) is 19.5 Å². The number of aromatic carboxylic acids is 1. The first-order valence-electron chi connectivity index (χ1n) is 13.1. The number of Topliss-reactive ketones (excluding diaryl/α,β-unsaturated/α-hetero) is 1. The molecule has 0 unspecified atom stereocenters. The molecule has 10 nitrogen and oxygen atoms in total. The monoisotopic (exact) mass is 580 g/mol. The molecule has 0 aliphatic heterocycles. The molecule has 0 saturated carbocycles. The van der Waals surface area contributed by atoms with Crippen LogP contribution in [0, 0.1) is 0 Å². The Bertz CT molecular complexity index is 1840. The molecule has 5 rings (SSSR count). The number of methoxy groups -OCH3 is 4. The third kappa shape index (κ3) is 5.33. The van der Waals surface area contributed by atoms with Crippen LogP contribution in [0.1, 0.15) is 20.7 Å². The van der Waals surface area contributed by atoms with E-state index in [0.29, 0.717) is 39.4 Å². The first-order chi connectivity index (χ1) is 20.8. The van der Waals surface area contributed by atoms with Crippen LogP contribution in [0.2, 0.25) is 0 Å². The number of carboxylic acids is 1. The minimum absolute atomic E-state index is 0.0126. The predicted octanol–water partition coefficient (Wildman–Crippen LogP) is 6.06. The maximum atomic E-state index is 13.9. The van der Waals surface area contributed by atoms with Gasteiger partial charge in [0.1, 0.15) is 23.0 Å². The lowest BCUT2D eigenvalue weighted by atomic mass is 9.95. The second-order valence-electron chi connectivity index (χ2n) is 9.37. The fraction of sp³-hybridized carbons (Fsp3) is 0.121. The van der Waals surface area contributed by atoms with Crippen molar-refractivity contribution in [3.8, 4) is 45.4 Å². The maximum absolute atomic E-state index is 13.9. The first kappa shape index (κ1) is 28.7. The summed E-state index contributed by atoms with van der Waals surface area (Å²) in [5.41, 5.74) is 3.03. The topological polar surface area (TPSA) is 136 Å². The highest BCUT2D eigenvalue weighted by atomic mass is 16.5. The van der Waals surface area contributed by atoms with Crippen molar-refractivity contribution in [2.75, 3.05) is 33.8 Å². The van der Waals surface area contributed by atoms with Crippen molar-refractivity contribution in [1.82, 2.24) is 4.98 Å². The largest absolute Gasteiger partial charge is 0.497 e. The number of rotatable bonds is 10. The number of ether oxygens (including phenoxy) is 4. The first-order valence-corrected chi connectivity index (χ1v) is 13.1. The smallest absolute Gasteiger partial charge is 0.337 e. The summed E-state index contributed by atoms with van der Waals surface area (Å²) in [5.74, 6) is -1.39. The van der Waals surface area contributed by atoms with E-state index in [-0.39, 0.29) is 22.6 Å². The van der Waals surface area contributed by atoms with Crippen LogP contribution in [0.3, 0.4) is 0 Å². The van der Waals surface area contributed by atoms with Crippen LogP contribution < -0.4 is 24.3 Å². The molecule has 0 radical (unpaired) electrons. The highest BCUT2D eigenvalue weighted by molar-refractivity contribution is 6.49. The number of aromatic nitrogens is 1. The number of carboxylic acid groups (broad SMARTS) is 1. The van der Waals surface area contributed by atoms with Gasteiger partial charge in [-0.05, 0) is 59.7 Å². The zero-order chi connectivity index (χ0) is 30.7. The van der Waals surface area contributed by atoms with Crippen molar-refractivity contribution in [2.45, 2.75) is 0 Å². The lowest BCUT2D eigenvalue weighted by molar-refractivity contribution is -0.112. The maximum Gasteiger partial charge on any atom is 0.337 e. The highest BCUT2D eigenvalue weighted by Crippen LogP contribution is 2.47. The Balaban J connectivity index is 1.76. The van der Waals surface area contributed by atoms with Gasteiger partial charge < -0.3 is 34.4 Å². The molecule has 218 valence electrons. The van der Waals surface area contributed by atoms with Crippen LogP contribution in [0.25, 0.3) is 33.3 Å². The van der Waals surface area contributed by atoms with Crippen LogP contribution >= 0.6 is 0 Å². The molecule has 1 amide bonds. The fourth-order valence-corrected chi connectivity index (χ4v) is 4.96. The highest BCUT2D eigenvalue weighted by Gasteiger charge is 2.30. The number of anilines is 1. The van der Waals surface area contributed by atoms with Gasteiger partial charge in [0.2, 0.25) is 0 Å². The summed E-state index contributed by atoms with van der Waals surface area (Å²) >= 11 is 0. The summed E-state index contributed by atoms with van der Waals surface area (Å²) in [7, 11) is 6.04. The van der Waals surface area contributed by atoms with E-state index in [2.05, 4.69) is 10.3 Å². The number of hydrogen-bond donors (Lipinski definition) is 3. The van der Waals surface area contributed by atoms with E-state index in [1.165, 1.54) is 32.4 Å². The van der Waals surface area contributed by atoms with Crippen molar-refractivity contribution in [1.29, 1.82) is 0 Å². The number of aromatic amines is 1. The molecule has 5 aromatic rings. The number of nitrogens with one attached hydrogen (secondary N) is 2. The number of fused-ring (bicyclic) bond motifs is 1. The van der Waals surface area contributed by atoms with Crippen LogP contribution in [-0.2, 0) is 4.79 Å². The fourth-order valence-electron chi connectivity index (χ4n) is 4.96. The number of carbonyl (C=O) groups excluding carboxylic acids is 2. The van der Waals surface area contributed by atoms with Crippen LogP contribution in [0.4, 0.5) is 5.69 Å². The van der Waals surface area contributed by atoms with Crippen molar-refractivity contribution < 1.29 is 38.4 Å². The Morgan fingerprint density at radius 3 is 1.86 bits per heavy atom. The van der Waals surface area contributed by atoms with E-state index < -0.39 is 17.7 Å². The van der Waals surface area contributed by atoms with Crippen molar-refractivity contribution >= 4 is 34.3 Å². The molecule has 4 aromatic carbocycles. The normalized spacial score (nSPS) is 10.7. The Morgan fingerprint density at radius 2 is 1.30 bits per heavy atom. The van der Waals surface area contributed by atoms with Gasteiger partial charge in [-0.25, -0.2) is 4.79 Å². The number of amides is 1. The second kappa shape index (κ2) is 12.0. The van der Waals surface area contributed by atoms with Gasteiger partial charge in [0, 0.05) is 11.6 Å². The standard InChI is InChI=1S/C33H28N2O8/c1-40-20-13-9-18(10-14-20)26-27-24(42-3)17-25(43-4)28(30(27)35-29(26)19-11-15-21(41-2)16-12-19)31(36)32(37)34-23-8-6-5-7-22(23)33(38)39/h5-17,35H,1-4H3,(H,34,37)(H,38,39). The molecule has 43 heavy (non-hydrogen) atoms. The summed E-state index contributed by atoms with van der Waals surface area (Å²) in [6, 6.07) is 22.2. The quantitative estimate of drug-likeness (QED) is 0.134. The summed E-state index contributed by atoms with van der Waals surface area (Å²) in [6.07, 6.45) is 0. The number of benzene rings is 4. The van der Waals surface area contributed by atoms with Gasteiger partial charge in [0.15, 0.2) is 0 Å². The van der Waals surface area contributed by atoms with Gasteiger partial charge in [-0.3, -0.25) is 9.59 Å². The van der Waals surface area contributed by atoms with E-state index in [1.54, 1.807) is 26.4 Å². The van der Waals surface area contributed by atoms with Gasteiger partial charge in [0.05, 0.1) is 61.9 Å². The van der Waals surface area contributed by atoms with Crippen LogP contribution in [0.15, 0.2) is 78.9 Å². The SMILES string of the molecule is COc1ccc(-c2[nH]c3c(C(=O)C(=O)Nc4ccccc4C(=O)O)c(OC)cc(OC)c3c2-c2ccc(OC)cc2)cc1. The van der Waals surface area contributed by atoms with Crippen molar-refractivity contribution in [3.63, 3.8) is 0 Å². The number of hydrogen-bond acceptors (Lipinski definition) is 7. The van der Waals surface area contributed by atoms with E-state index >= 15 is 0 Å². The summed E-state index contributed by atoms with van der Waals surface area (Å²) < 4.78 is 22.0. The Morgan fingerprint density at radius 1 is 0.721 bits per heavy atom. The zero-order valence-electron chi connectivity index (χ0n) is 23.8. The third-order valence-corrected chi connectivity index (χ3v) is 7.04. The van der Waals surface area contributed by atoms with E-state index in [0.717, 1.165) is 11.1 Å². The van der Waals surface area contributed by atoms with Crippen molar-refractivity contribution in [3.05, 3.63) is 90.0 Å². The van der Waals surface area contributed by atoms with Crippen LogP contribution in [-0.4, -0.2) is 56.2 Å². The number of para-hydroxylation sites is 1. The molecular formula is C33H28N2O8. The summed E-state index contributed by atoms with van der Waals surface area (Å²) in [6.45, 7) is 0. The average molecular weight is 581 g/mol. The van der Waals surface area contributed by atoms with Gasteiger partial charge >= 0.3 is 5.97 Å². The minimum Gasteiger partial charge on any atom is -0.497 e. The zero-order valence-corrected chi connectivity index (χ0v) is 23.8. The number of ketones is 1. The molecule has 0 aliphatic rings. The Labute approximate surface area is 246 Å². The van der Waals surface area contributed by atoms with E-state index in [4.69, 9.17) is 18.9 Å². The molecule has 0 fully saturated rings. The Hall–Kier alpha value is -5.77. The average Bonchev–Trinajstić information content (AvgIpc) is 3.44. The molecular weight excluding hydrogens is 552 g/mol. The van der Waals surface area contributed by atoms with Gasteiger partial charge in [-0.1, -0.05) is 24.3 Å². The lowest BCUT2D eigenvalue weighted by Crippen LogP contribution is -2.25. The molecule has 0 aliphatic carbocycles. The van der Waals surface area contributed by atoms with E-state index in [1.807, 2.05) is 48.5 Å². The molecule has 1 heterocycles. The predicted molar refractivity (Wildman–Crippen MR) is 162 cm³/mol. The van der Waals surface area contributed by atoms with Gasteiger partial charge in [-0.15, -0.1) is 0 Å². The van der Waals surface area contributed by atoms with Gasteiger partial charge in [-0.2, -0.15) is 0 Å². The molecule has 3 N–H and O–H groups in total. The summed E-state index contributed by atoms with van der Waals surface area (Å²) in [5, 5.41) is 12.5. The second-order valence-corrected chi connectivity index (χ2v) is 9.37. The molecule has 0 atom stereocenters. The Kier molecular flexibility index (Phi) is 8.02.